The van der Waals surface area contributed by atoms with Gasteiger partial charge in [-0.3, -0.25) is 0 Å². The third-order valence-electron chi connectivity index (χ3n) is 1.17. The van der Waals surface area contributed by atoms with E-state index >= 15 is 0 Å². The van der Waals surface area contributed by atoms with E-state index in [0.29, 0.717) is 0 Å². The second kappa shape index (κ2) is 4.12. The summed E-state index contributed by atoms with van der Waals surface area (Å²) in [6.07, 6.45) is 0.637. The van der Waals surface area contributed by atoms with Crippen molar-refractivity contribution >= 4 is 6.08 Å². The Hall–Kier alpha value is -0.760. The molecule has 0 aliphatic carbocycles. The van der Waals surface area contributed by atoms with E-state index in [-0.39, 0.29) is 19.4 Å². The fourth-order valence-corrected chi connectivity index (χ4v) is 0.442. The maximum absolute atomic E-state index is 12.3. The molecule has 0 heterocycles. The van der Waals surface area contributed by atoms with Gasteiger partial charge in [-0.15, -0.1) is 0 Å². The van der Waals surface area contributed by atoms with Crippen molar-refractivity contribution in [3.05, 3.63) is 0 Å². The molecule has 10 heavy (non-hydrogen) atoms. The highest BCUT2D eigenvalue weighted by atomic mass is 19.3. The lowest BCUT2D eigenvalue weighted by Crippen LogP contribution is -2.15. The van der Waals surface area contributed by atoms with Crippen LogP contribution < -0.4 is 0 Å². The number of isocyanates is 1. The first-order valence-electron chi connectivity index (χ1n) is 3.04. The molecule has 0 aromatic heterocycles. The van der Waals surface area contributed by atoms with Gasteiger partial charge < -0.3 is 0 Å². The molecule has 0 aromatic rings. The van der Waals surface area contributed by atoms with Gasteiger partial charge in [0.05, 0.1) is 6.54 Å². The monoisotopic (exact) mass is 149 g/mol. The van der Waals surface area contributed by atoms with Gasteiger partial charge in [0.15, 0.2) is 0 Å². The van der Waals surface area contributed by atoms with Crippen molar-refractivity contribution in [1.29, 1.82) is 0 Å². The molecule has 0 radical (unpaired) electrons. The van der Waals surface area contributed by atoms with Crippen LogP contribution in [0.25, 0.3) is 0 Å². The minimum absolute atomic E-state index is 0.135. The van der Waals surface area contributed by atoms with E-state index in [1.165, 1.54) is 13.0 Å². The molecule has 0 fully saturated rings. The number of alkyl halides is 2. The molecule has 0 unspecified atom stereocenters. The number of aliphatic imine (C=N–C) groups is 1. The molecule has 58 valence electrons. The van der Waals surface area contributed by atoms with Crippen molar-refractivity contribution in [3.8, 4) is 0 Å². The molecule has 0 amide bonds. The summed E-state index contributed by atoms with van der Waals surface area (Å²) in [6, 6.07) is 0. The molecule has 0 spiro atoms. The highest BCUT2D eigenvalue weighted by Crippen LogP contribution is 2.21. The van der Waals surface area contributed by atoms with Crippen molar-refractivity contribution in [2.45, 2.75) is 25.7 Å². The SMILES string of the molecule is CCC(F)(F)CCN=C=O. The molecule has 0 aliphatic rings. The van der Waals surface area contributed by atoms with Crippen LogP contribution in [0.5, 0.6) is 0 Å². The number of carbonyl (C=O) groups excluding carboxylic acids is 1. The highest BCUT2D eigenvalue weighted by Gasteiger charge is 2.24. The Balaban J connectivity index is 3.56. The quantitative estimate of drug-likeness (QED) is 0.442. The molecule has 4 heteroatoms. The molecule has 0 saturated heterocycles. The zero-order chi connectivity index (χ0) is 8.04. The third kappa shape index (κ3) is 4.15. The predicted molar refractivity (Wildman–Crippen MR) is 32.8 cm³/mol. The summed E-state index contributed by atoms with van der Waals surface area (Å²) in [6.45, 7) is 1.26. The molecule has 2 nitrogen and oxygen atoms in total. The Kier molecular flexibility index (Phi) is 3.81. The van der Waals surface area contributed by atoms with Crippen LogP contribution in [0.2, 0.25) is 0 Å². The maximum atomic E-state index is 12.3. The Labute approximate surface area is 58.0 Å². The Morgan fingerprint density at radius 2 is 2.20 bits per heavy atom. The van der Waals surface area contributed by atoms with Crippen molar-refractivity contribution < 1.29 is 13.6 Å². The van der Waals surface area contributed by atoms with Crippen LogP contribution in [0.15, 0.2) is 4.99 Å². The van der Waals surface area contributed by atoms with E-state index in [0.717, 1.165) is 0 Å². The molecular formula is C6H9F2NO. The minimum atomic E-state index is -2.68. The van der Waals surface area contributed by atoms with Crippen molar-refractivity contribution in [2.75, 3.05) is 6.54 Å². The third-order valence-corrected chi connectivity index (χ3v) is 1.17. The van der Waals surface area contributed by atoms with Gasteiger partial charge in [0, 0.05) is 12.8 Å². The molecule has 0 atom stereocenters. The summed E-state index contributed by atoms with van der Waals surface area (Å²) < 4.78 is 24.6. The summed E-state index contributed by atoms with van der Waals surface area (Å²) in [5.41, 5.74) is 0. The van der Waals surface area contributed by atoms with E-state index in [4.69, 9.17) is 0 Å². The van der Waals surface area contributed by atoms with Gasteiger partial charge in [0.2, 0.25) is 12.0 Å². The van der Waals surface area contributed by atoms with E-state index in [1.807, 2.05) is 0 Å². The van der Waals surface area contributed by atoms with E-state index in [2.05, 4.69) is 4.99 Å². The molecule has 0 aromatic carbocycles. The van der Waals surface area contributed by atoms with Gasteiger partial charge in [-0.25, -0.2) is 18.6 Å². The second-order valence-corrected chi connectivity index (χ2v) is 1.93. The number of hydrogen-bond donors (Lipinski definition) is 0. The van der Waals surface area contributed by atoms with Gasteiger partial charge in [-0.05, 0) is 0 Å². The number of rotatable bonds is 4. The van der Waals surface area contributed by atoms with Gasteiger partial charge in [0.1, 0.15) is 0 Å². The summed E-state index contributed by atoms with van der Waals surface area (Å²) in [7, 11) is 0. The lowest BCUT2D eigenvalue weighted by Gasteiger charge is -2.10. The Morgan fingerprint density at radius 1 is 1.60 bits per heavy atom. The largest absolute Gasteiger partial charge is 0.249 e. The summed E-state index contributed by atoms with van der Waals surface area (Å²) in [4.78, 5) is 12.5. The molecule has 0 saturated carbocycles. The Morgan fingerprint density at radius 3 is 2.60 bits per heavy atom. The first kappa shape index (κ1) is 9.24. The van der Waals surface area contributed by atoms with Crippen LogP contribution in [-0.2, 0) is 4.79 Å². The number of halogens is 2. The van der Waals surface area contributed by atoms with Crippen molar-refractivity contribution in [3.63, 3.8) is 0 Å². The van der Waals surface area contributed by atoms with Crippen molar-refractivity contribution in [1.82, 2.24) is 0 Å². The van der Waals surface area contributed by atoms with Crippen LogP contribution >= 0.6 is 0 Å². The smallest absolute Gasteiger partial charge is 0.211 e. The topological polar surface area (TPSA) is 29.4 Å². The average Bonchev–Trinajstić information content (AvgIpc) is 1.89. The Bertz CT molecular complexity index is 141. The van der Waals surface area contributed by atoms with Crippen LogP contribution in [0.3, 0.4) is 0 Å². The maximum Gasteiger partial charge on any atom is 0.249 e. The predicted octanol–water partition coefficient (Wildman–Crippen LogP) is 1.76. The summed E-state index contributed by atoms with van der Waals surface area (Å²) >= 11 is 0. The van der Waals surface area contributed by atoms with Gasteiger partial charge in [0.25, 0.3) is 0 Å². The van der Waals surface area contributed by atoms with Crippen LogP contribution in [0.1, 0.15) is 19.8 Å². The standard InChI is InChI=1S/C6H9F2NO/c1-2-6(7,8)3-4-9-5-10/h2-4H2,1H3. The second-order valence-electron chi connectivity index (χ2n) is 1.93. The van der Waals surface area contributed by atoms with Gasteiger partial charge in [-0.1, -0.05) is 6.92 Å². The average molecular weight is 149 g/mol. The first-order chi connectivity index (χ1) is 4.62. The lowest BCUT2D eigenvalue weighted by molar-refractivity contribution is -0.00863. The molecule has 0 bridgehead atoms. The van der Waals surface area contributed by atoms with Crippen molar-refractivity contribution in [2.24, 2.45) is 4.99 Å². The van der Waals surface area contributed by atoms with Gasteiger partial charge >= 0.3 is 0 Å². The number of hydrogen-bond acceptors (Lipinski definition) is 2. The molecular weight excluding hydrogens is 140 g/mol. The summed E-state index contributed by atoms with van der Waals surface area (Å²) in [5, 5.41) is 0. The molecule has 0 N–H and O–H groups in total. The first-order valence-corrected chi connectivity index (χ1v) is 3.04. The van der Waals surface area contributed by atoms with E-state index in [9.17, 15) is 13.6 Å². The normalized spacial score (nSPS) is 10.7. The number of nitrogens with zero attached hydrogens (tertiary/aromatic N) is 1. The minimum Gasteiger partial charge on any atom is -0.211 e. The van der Waals surface area contributed by atoms with Crippen LogP contribution in [-0.4, -0.2) is 18.5 Å². The van der Waals surface area contributed by atoms with E-state index < -0.39 is 5.92 Å². The van der Waals surface area contributed by atoms with Gasteiger partial charge in [-0.2, -0.15) is 0 Å². The molecule has 0 rings (SSSR count). The zero-order valence-corrected chi connectivity index (χ0v) is 5.73. The van der Waals surface area contributed by atoms with Crippen LogP contribution in [0.4, 0.5) is 8.78 Å². The van der Waals surface area contributed by atoms with E-state index in [1.54, 1.807) is 0 Å². The molecule has 0 aliphatic heterocycles. The summed E-state index contributed by atoms with van der Waals surface area (Å²) in [5.74, 6) is -2.68. The highest BCUT2D eigenvalue weighted by molar-refractivity contribution is 5.32. The zero-order valence-electron chi connectivity index (χ0n) is 5.73. The lowest BCUT2D eigenvalue weighted by atomic mass is 10.2. The van der Waals surface area contributed by atoms with Crippen LogP contribution in [0, 0.1) is 0 Å². The fraction of sp³-hybridized carbons (Fsp3) is 0.833. The fourth-order valence-electron chi connectivity index (χ4n) is 0.442.